The molecule has 1 atom stereocenters. The summed E-state index contributed by atoms with van der Waals surface area (Å²) in [6, 6.07) is 3.99. The lowest BCUT2D eigenvalue weighted by Crippen LogP contribution is -2.09. The van der Waals surface area contributed by atoms with Gasteiger partial charge in [-0.1, -0.05) is 0 Å². The van der Waals surface area contributed by atoms with Crippen molar-refractivity contribution in [2.75, 3.05) is 5.32 Å². The van der Waals surface area contributed by atoms with Gasteiger partial charge >= 0.3 is 0 Å². The molecule has 1 N–H and O–H groups in total. The topological polar surface area (TPSA) is 63.6 Å². The molecular formula is C12H11N5S. The summed E-state index contributed by atoms with van der Waals surface area (Å²) in [5.41, 5.74) is 0.937. The van der Waals surface area contributed by atoms with Crippen LogP contribution in [-0.2, 0) is 0 Å². The van der Waals surface area contributed by atoms with Gasteiger partial charge in [-0.25, -0.2) is 19.9 Å². The van der Waals surface area contributed by atoms with E-state index in [0.29, 0.717) is 0 Å². The Kier molecular flexibility index (Phi) is 2.85. The van der Waals surface area contributed by atoms with Crippen LogP contribution in [0.25, 0.3) is 10.2 Å². The second kappa shape index (κ2) is 4.66. The van der Waals surface area contributed by atoms with Gasteiger partial charge in [-0.05, 0) is 24.4 Å². The van der Waals surface area contributed by atoms with Gasteiger partial charge in [0.2, 0.25) is 0 Å². The molecular weight excluding hydrogens is 246 g/mol. The molecule has 0 aromatic carbocycles. The van der Waals surface area contributed by atoms with Gasteiger partial charge in [0.05, 0.1) is 17.1 Å². The first-order valence-corrected chi connectivity index (χ1v) is 6.43. The van der Waals surface area contributed by atoms with Crippen molar-refractivity contribution in [2.45, 2.75) is 13.0 Å². The molecule has 5 nitrogen and oxygen atoms in total. The van der Waals surface area contributed by atoms with E-state index in [1.807, 2.05) is 24.4 Å². The number of aromatic nitrogens is 4. The van der Waals surface area contributed by atoms with Crippen LogP contribution in [0.4, 0.5) is 5.82 Å². The van der Waals surface area contributed by atoms with Crippen LogP contribution in [0.1, 0.15) is 18.7 Å². The van der Waals surface area contributed by atoms with E-state index in [1.54, 1.807) is 30.2 Å². The third-order valence-electron chi connectivity index (χ3n) is 2.66. The summed E-state index contributed by atoms with van der Waals surface area (Å²) in [6.07, 6.45) is 4.86. The minimum Gasteiger partial charge on any atom is -0.361 e. The molecule has 0 aliphatic carbocycles. The first kappa shape index (κ1) is 11.0. The first-order valence-electron chi connectivity index (χ1n) is 5.55. The van der Waals surface area contributed by atoms with Crippen molar-refractivity contribution in [3.05, 3.63) is 42.1 Å². The summed E-state index contributed by atoms with van der Waals surface area (Å²) in [5, 5.41) is 6.41. The molecule has 90 valence electrons. The minimum absolute atomic E-state index is 0.0750. The molecule has 18 heavy (non-hydrogen) atoms. The van der Waals surface area contributed by atoms with Gasteiger partial charge in [-0.3, -0.25) is 0 Å². The van der Waals surface area contributed by atoms with E-state index in [-0.39, 0.29) is 6.04 Å². The Bertz CT molecular complexity index is 652. The normalized spacial score (nSPS) is 12.5. The lowest BCUT2D eigenvalue weighted by molar-refractivity contribution is 0.824. The molecule has 0 aliphatic rings. The zero-order valence-corrected chi connectivity index (χ0v) is 10.6. The number of nitrogens with zero attached hydrogens (tertiary/aromatic N) is 4. The molecule has 1 unspecified atom stereocenters. The Morgan fingerprint density at radius 3 is 2.94 bits per heavy atom. The highest BCUT2D eigenvalue weighted by molar-refractivity contribution is 7.16. The Morgan fingerprint density at radius 2 is 2.11 bits per heavy atom. The number of hydrogen-bond donors (Lipinski definition) is 1. The van der Waals surface area contributed by atoms with E-state index in [0.717, 1.165) is 21.7 Å². The van der Waals surface area contributed by atoms with E-state index < -0.39 is 0 Å². The Morgan fingerprint density at radius 1 is 1.17 bits per heavy atom. The molecule has 6 heteroatoms. The van der Waals surface area contributed by atoms with Crippen LogP contribution in [-0.4, -0.2) is 19.9 Å². The van der Waals surface area contributed by atoms with E-state index in [1.165, 1.54) is 0 Å². The highest BCUT2D eigenvalue weighted by Crippen LogP contribution is 2.26. The summed E-state index contributed by atoms with van der Waals surface area (Å²) in [6.45, 7) is 2.04. The average molecular weight is 257 g/mol. The fourth-order valence-electron chi connectivity index (χ4n) is 1.74. The van der Waals surface area contributed by atoms with E-state index in [2.05, 4.69) is 25.3 Å². The van der Waals surface area contributed by atoms with Crippen LogP contribution >= 0.6 is 11.3 Å². The predicted molar refractivity (Wildman–Crippen MR) is 71.5 cm³/mol. The number of fused-ring (bicyclic) bond motifs is 1. The molecule has 0 amide bonds. The van der Waals surface area contributed by atoms with Crippen LogP contribution in [0.2, 0.25) is 0 Å². The number of nitrogens with one attached hydrogen (secondary N) is 1. The number of thiophene rings is 1. The summed E-state index contributed by atoms with van der Waals surface area (Å²) in [7, 11) is 0. The Hall–Kier alpha value is -2.08. The van der Waals surface area contributed by atoms with E-state index >= 15 is 0 Å². The van der Waals surface area contributed by atoms with Gasteiger partial charge in [0, 0.05) is 6.20 Å². The largest absolute Gasteiger partial charge is 0.361 e. The maximum atomic E-state index is 4.29. The van der Waals surface area contributed by atoms with Crippen molar-refractivity contribution in [1.82, 2.24) is 19.9 Å². The number of rotatable bonds is 3. The predicted octanol–water partition coefficient (Wildman–Crippen LogP) is 2.65. The summed E-state index contributed by atoms with van der Waals surface area (Å²) < 4.78 is 0. The third-order valence-corrected chi connectivity index (χ3v) is 3.48. The maximum Gasteiger partial charge on any atom is 0.138 e. The zero-order valence-electron chi connectivity index (χ0n) is 9.74. The second-order valence-corrected chi connectivity index (χ2v) is 4.76. The van der Waals surface area contributed by atoms with E-state index in [4.69, 9.17) is 0 Å². The van der Waals surface area contributed by atoms with Crippen molar-refractivity contribution in [2.24, 2.45) is 0 Å². The van der Waals surface area contributed by atoms with Gasteiger partial charge < -0.3 is 5.32 Å². The molecule has 0 radical (unpaired) electrons. The van der Waals surface area contributed by atoms with Crippen molar-refractivity contribution < 1.29 is 0 Å². The van der Waals surface area contributed by atoms with Crippen molar-refractivity contribution >= 4 is 27.4 Å². The maximum absolute atomic E-state index is 4.29. The van der Waals surface area contributed by atoms with Crippen LogP contribution < -0.4 is 5.32 Å². The molecule has 0 fully saturated rings. The standard InChI is InChI=1S/C12H11N5S/c1-8(10-2-4-13-6-14-10)17-11-9-3-5-18-12(9)16-7-15-11/h2-8H,1H3,(H,15,16,17). The van der Waals surface area contributed by atoms with Gasteiger partial charge in [-0.15, -0.1) is 11.3 Å². The first-order chi connectivity index (χ1) is 8.84. The quantitative estimate of drug-likeness (QED) is 0.781. The molecule has 0 bridgehead atoms. The van der Waals surface area contributed by atoms with Crippen molar-refractivity contribution in [3.63, 3.8) is 0 Å². The minimum atomic E-state index is 0.0750. The molecule has 3 aromatic rings. The summed E-state index contributed by atoms with van der Waals surface area (Å²) in [4.78, 5) is 17.6. The summed E-state index contributed by atoms with van der Waals surface area (Å²) in [5.74, 6) is 0.840. The van der Waals surface area contributed by atoms with Crippen LogP contribution in [0.5, 0.6) is 0 Å². The zero-order chi connectivity index (χ0) is 12.4. The van der Waals surface area contributed by atoms with E-state index in [9.17, 15) is 0 Å². The molecule has 0 spiro atoms. The van der Waals surface area contributed by atoms with Gasteiger partial charge in [-0.2, -0.15) is 0 Å². The third kappa shape index (κ3) is 2.02. The molecule has 0 saturated heterocycles. The number of hydrogen-bond acceptors (Lipinski definition) is 6. The van der Waals surface area contributed by atoms with Gasteiger partial charge in [0.1, 0.15) is 23.3 Å². The second-order valence-electron chi connectivity index (χ2n) is 3.86. The Balaban J connectivity index is 1.91. The monoisotopic (exact) mass is 257 g/mol. The molecule has 3 rings (SSSR count). The highest BCUT2D eigenvalue weighted by Gasteiger charge is 2.10. The highest BCUT2D eigenvalue weighted by atomic mass is 32.1. The molecule has 0 saturated carbocycles. The molecule has 3 heterocycles. The molecule has 0 aliphatic heterocycles. The SMILES string of the molecule is CC(Nc1ncnc2sccc12)c1ccncn1. The number of anilines is 1. The lowest BCUT2D eigenvalue weighted by Gasteiger charge is -2.13. The van der Waals surface area contributed by atoms with Crippen LogP contribution in [0, 0.1) is 0 Å². The fourth-order valence-corrected chi connectivity index (χ4v) is 2.47. The van der Waals surface area contributed by atoms with Crippen molar-refractivity contribution in [3.8, 4) is 0 Å². The smallest absolute Gasteiger partial charge is 0.138 e. The van der Waals surface area contributed by atoms with Gasteiger partial charge in [0.15, 0.2) is 0 Å². The Labute approximate surface area is 108 Å². The lowest BCUT2D eigenvalue weighted by atomic mass is 10.2. The average Bonchev–Trinajstić information content (AvgIpc) is 2.89. The summed E-state index contributed by atoms with van der Waals surface area (Å²) >= 11 is 1.61. The van der Waals surface area contributed by atoms with Crippen LogP contribution in [0.3, 0.4) is 0 Å². The van der Waals surface area contributed by atoms with Gasteiger partial charge in [0.25, 0.3) is 0 Å². The van der Waals surface area contributed by atoms with Crippen molar-refractivity contribution in [1.29, 1.82) is 0 Å². The molecule has 3 aromatic heterocycles. The van der Waals surface area contributed by atoms with Crippen LogP contribution in [0.15, 0.2) is 36.4 Å². The fraction of sp³-hybridized carbons (Fsp3) is 0.167.